The lowest BCUT2D eigenvalue weighted by atomic mass is 9.89. The molecule has 3 nitrogen and oxygen atoms in total. The van der Waals surface area contributed by atoms with Crippen molar-refractivity contribution in [1.29, 1.82) is 0 Å². The van der Waals surface area contributed by atoms with E-state index in [0.29, 0.717) is 11.1 Å². The van der Waals surface area contributed by atoms with Crippen LogP contribution in [-0.4, -0.2) is 9.78 Å². The smallest absolute Gasteiger partial charge is 0.268 e. The molecule has 0 saturated heterocycles. The van der Waals surface area contributed by atoms with Gasteiger partial charge in [0.1, 0.15) is 5.15 Å². The summed E-state index contributed by atoms with van der Waals surface area (Å²) in [7, 11) is 0. The Bertz CT molecular complexity index is 416. The lowest BCUT2D eigenvalue weighted by molar-refractivity contribution is 0.308. The quantitative estimate of drug-likeness (QED) is 0.881. The van der Waals surface area contributed by atoms with E-state index in [4.69, 9.17) is 11.6 Å². The van der Waals surface area contributed by atoms with Crippen molar-refractivity contribution in [2.45, 2.75) is 58.4 Å². The molecule has 96 valence electrons. The van der Waals surface area contributed by atoms with Gasteiger partial charge in [-0.15, -0.1) is 0 Å². The molecule has 1 saturated carbocycles. The van der Waals surface area contributed by atoms with Gasteiger partial charge in [-0.05, 0) is 25.2 Å². The summed E-state index contributed by atoms with van der Waals surface area (Å²) in [5, 5.41) is 3.50. The Balaban J connectivity index is 2.10. The highest BCUT2D eigenvalue weighted by Crippen LogP contribution is 2.26. The van der Waals surface area contributed by atoms with E-state index in [1.807, 2.05) is 4.68 Å². The first-order valence-corrected chi connectivity index (χ1v) is 7.07. The van der Waals surface area contributed by atoms with Crippen LogP contribution >= 0.6 is 11.6 Å². The van der Waals surface area contributed by atoms with E-state index in [1.54, 1.807) is 0 Å². The van der Waals surface area contributed by atoms with Crippen molar-refractivity contribution in [2.24, 2.45) is 5.92 Å². The molecule has 4 heteroatoms. The first kappa shape index (κ1) is 12.7. The van der Waals surface area contributed by atoms with Crippen LogP contribution in [0, 0.1) is 5.92 Å². The summed E-state index contributed by atoms with van der Waals surface area (Å²) < 4.78 is 1.85. The highest BCUT2D eigenvalue weighted by atomic mass is 35.5. The molecule has 1 aliphatic carbocycles. The predicted molar refractivity (Wildman–Crippen MR) is 70.6 cm³/mol. The number of nitrogens with zero attached hydrogens (tertiary/aromatic N) is 1. The summed E-state index contributed by atoms with van der Waals surface area (Å²) in [6.45, 7) is 2.94. The lowest BCUT2D eigenvalue weighted by Gasteiger charge is -2.21. The molecule has 0 bridgehead atoms. The van der Waals surface area contributed by atoms with Crippen molar-refractivity contribution in [3.63, 3.8) is 0 Å². The van der Waals surface area contributed by atoms with Crippen molar-refractivity contribution in [3.05, 3.63) is 21.1 Å². The monoisotopic (exact) mass is 256 g/mol. The third kappa shape index (κ3) is 2.95. The minimum atomic E-state index is -0.00680. The third-order valence-corrected chi connectivity index (χ3v) is 4.09. The molecule has 0 aromatic carbocycles. The summed E-state index contributed by atoms with van der Waals surface area (Å²) >= 11 is 6.26. The van der Waals surface area contributed by atoms with Crippen molar-refractivity contribution < 1.29 is 0 Å². The molecule has 1 aromatic heterocycles. The van der Waals surface area contributed by atoms with E-state index in [9.17, 15) is 4.79 Å². The van der Waals surface area contributed by atoms with Gasteiger partial charge in [0, 0.05) is 6.54 Å². The molecule has 0 spiro atoms. The minimum absolute atomic E-state index is 0.00680. The van der Waals surface area contributed by atoms with E-state index in [2.05, 4.69) is 12.0 Å². The zero-order valence-electron chi connectivity index (χ0n) is 10.5. The Labute approximate surface area is 107 Å². The van der Waals surface area contributed by atoms with E-state index in [-0.39, 0.29) is 5.56 Å². The summed E-state index contributed by atoms with van der Waals surface area (Å²) in [6.07, 6.45) is 8.24. The molecular formula is C13H21ClN2O. The number of H-pyrrole nitrogens is 1. The number of hydrogen-bond acceptors (Lipinski definition) is 1. The topological polar surface area (TPSA) is 37.8 Å². The van der Waals surface area contributed by atoms with Crippen molar-refractivity contribution in [1.82, 2.24) is 9.78 Å². The molecule has 1 fully saturated rings. The molecule has 1 aromatic rings. The Morgan fingerprint density at radius 3 is 2.71 bits per heavy atom. The fourth-order valence-electron chi connectivity index (χ4n) is 2.72. The summed E-state index contributed by atoms with van der Waals surface area (Å²) in [4.78, 5) is 11.7. The van der Waals surface area contributed by atoms with Crippen LogP contribution in [0.15, 0.2) is 4.79 Å². The van der Waals surface area contributed by atoms with E-state index < -0.39 is 0 Å². The first-order chi connectivity index (χ1) is 8.22. The van der Waals surface area contributed by atoms with Crippen LogP contribution in [0.3, 0.4) is 0 Å². The van der Waals surface area contributed by atoms with Crippen molar-refractivity contribution >= 4 is 11.6 Å². The largest absolute Gasteiger partial charge is 0.273 e. The summed E-state index contributed by atoms with van der Waals surface area (Å²) in [5.74, 6) is 0.679. The molecular weight excluding hydrogens is 236 g/mol. The second-order valence-corrected chi connectivity index (χ2v) is 5.43. The van der Waals surface area contributed by atoms with E-state index in [0.717, 1.165) is 24.9 Å². The van der Waals surface area contributed by atoms with Crippen molar-refractivity contribution in [2.75, 3.05) is 0 Å². The molecule has 0 amide bonds. The Kier molecular flexibility index (Phi) is 4.32. The zero-order valence-corrected chi connectivity index (χ0v) is 11.2. The van der Waals surface area contributed by atoms with Gasteiger partial charge in [-0.1, -0.05) is 44.2 Å². The minimum Gasteiger partial charge on any atom is -0.273 e. The standard InChI is InChI=1S/C13H21ClN2O/c1-2-6-11-12(14)16(15-13(11)17)9-10-7-4-3-5-8-10/h10H,2-9H2,1H3,(H,15,17). The average molecular weight is 257 g/mol. The molecule has 0 aliphatic heterocycles. The number of hydrogen-bond donors (Lipinski definition) is 1. The molecule has 17 heavy (non-hydrogen) atoms. The number of aromatic amines is 1. The predicted octanol–water partition coefficient (Wildman–Crippen LogP) is 3.36. The van der Waals surface area contributed by atoms with Crippen LogP contribution in [-0.2, 0) is 13.0 Å². The van der Waals surface area contributed by atoms with Crippen LogP contribution in [0.1, 0.15) is 51.0 Å². The summed E-state index contributed by atoms with van der Waals surface area (Å²) in [6, 6.07) is 0. The maximum Gasteiger partial charge on any atom is 0.268 e. The zero-order chi connectivity index (χ0) is 12.3. The van der Waals surface area contributed by atoms with Gasteiger partial charge in [-0.2, -0.15) is 0 Å². The molecule has 1 N–H and O–H groups in total. The van der Waals surface area contributed by atoms with Crippen LogP contribution in [0.25, 0.3) is 0 Å². The van der Waals surface area contributed by atoms with E-state index >= 15 is 0 Å². The van der Waals surface area contributed by atoms with E-state index in [1.165, 1.54) is 32.1 Å². The van der Waals surface area contributed by atoms with Crippen LogP contribution in [0.4, 0.5) is 0 Å². The van der Waals surface area contributed by atoms with Crippen LogP contribution in [0.5, 0.6) is 0 Å². The molecule has 0 atom stereocenters. The van der Waals surface area contributed by atoms with Gasteiger partial charge >= 0.3 is 0 Å². The fraction of sp³-hybridized carbons (Fsp3) is 0.769. The van der Waals surface area contributed by atoms with Gasteiger partial charge < -0.3 is 0 Å². The number of nitrogens with one attached hydrogen (secondary N) is 1. The van der Waals surface area contributed by atoms with Gasteiger partial charge in [0.25, 0.3) is 5.56 Å². The molecule has 0 unspecified atom stereocenters. The van der Waals surface area contributed by atoms with Gasteiger partial charge in [0.05, 0.1) is 5.56 Å². The Morgan fingerprint density at radius 2 is 2.06 bits per heavy atom. The number of halogens is 1. The Morgan fingerprint density at radius 1 is 1.35 bits per heavy atom. The van der Waals surface area contributed by atoms with Crippen molar-refractivity contribution in [3.8, 4) is 0 Å². The third-order valence-electron chi connectivity index (χ3n) is 3.66. The highest BCUT2D eigenvalue weighted by Gasteiger charge is 2.18. The molecule has 2 rings (SSSR count). The first-order valence-electron chi connectivity index (χ1n) is 6.69. The van der Waals surface area contributed by atoms with Gasteiger partial charge in [-0.25, -0.2) is 0 Å². The maximum atomic E-state index is 11.7. The lowest BCUT2D eigenvalue weighted by Crippen LogP contribution is -2.16. The van der Waals surface area contributed by atoms with Gasteiger partial charge in [0.15, 0.2) is 0 Å². The number of aromatic nitrogens is 2. The molecule has 1 heterocycles. The highest BCUT2D eigenvalue weighted by molar-refractivity contribution is 6.30. The average Bonchev–Trinajstić information content (AvgIpc) is 2.59. The maximum absolute atomic E-state index is 11.7. The van der Waals surface area contributed by atoms with Gasteiger partial charge in [-0.3, -0.25) is 14.6 Å². The van der Waals surface area contributed by atoms with Crippen LogP contribution in [0.2, 0.25) is 5.15 Å². The second kappa shape index (κ2) is 5.76. The number of rotatable bonds is 4. The SMILES string of the molecule is CCCc1c(Cl)n(CC2CCCCC2)[nH]c1=O. The second-order valence-electron chi connectivity index (χ2n) is 5.07. The summed E-state index contributed by atoms with van der Waals surface area (Å²) in [5.41, 5.74) is 0.748. The van der Waals surface area contributed by atoms with Crippen LogP contribution < -0.4 is 5.56 Å². The normalized spacial score (nSPS) is 17.5. The van der Waals surface area contributed by atoms with Gasteiger partial charge in [0.2, 0.25) is 0 Å². The Hall–Kier alpha value is -0.700. The molecule has 1 aliphatic rings. The molecule has 0 radical (unpaired) electrons. The fourth-order valence-corrected chi connectivity index (χ4v) is 3.01.